The summed E-state index contributed by atoms with van der Waals surface area (Å²) in [5.41, 5.74) is 1.17. The zero-order valence-corrected chi connectivity index (χ0v) is 11.1. The van der Waals surface area contributed by atoms with Crippen LogP contribution >= 0.6 is 0 Å². The molecule has 0 radical (unpaired) electrons. The van der Waals surface area contributed by atoms with Crippen molar-refractivity contribution in [2.24, 2.45) is 0 Å². The summed E-state index contributed by atoms with van der Waals surface area (Å²) in [6.45, 7) is 6.39. The van der Waals surface area contributed by atoms with Crippen LogP contribution in [0, 0.1) is 0 Å². The van der Waals surface area contributed by atoms with E-state index in [1.54, 1.807) is 19.2 Å². The van der Waals surface area contributed by atoms with Gasteiger partial charge in [-0.2, -0.15) is 0 Å². The molecule has 2 N–H and O–H groups in total. The van der Waals surface area contributed by atoms with Crippen molar-refractivity contribution in [3.8, 4) is 11.5 Å². The van der Waals surface area contributed by atoms with Crippen LogP contribution in [0.1, 0.15) is 24.9 Å². The molecule has 1 aliphatic heterocycles. The van der Waals surface area contributed by atoms with E-state index in [1.165, 1.54) is 5.56 Å². The third kappa shape index (κ3) is 2.76. The summed E-state index contributed by atoms with van der Waals surface area (Å²) >= 11 is 0. The molecule has 0 aliphatic carbocycles. The van der Waals surface area contributed by atoms with Crippen LogP contribution in [0.15, 0.2) is 18.2 Å². The third-order valence-electron chi connectivity index (χ3n) is 3.56. The zero-order valence-electron chi connectivity index (χ0n) is 11.1. The van der Waals surface area contributed by atoms with E-state index in [-0.39, 0.29) is 5.75 Å². The second kappa shape index (κ2) is 6.07. The molecule has 0 aromatic heterocycles. The van der Waals surface area contributed by atoms with Gasteiger partial charge in [-0.05, 0) is 12.5 Å². The Labute approximate surface area is 109 Å². The summed E-state index contributed by atoms with van der Waals surface area (Å²) in [5, 5.41) is 12.9. The number of methoxy groups -OCH3 is 1. The highest BCUT2D eigenvalue weighted by atomic mass is 16.5. The quantitative estimate of drug-likeness (QED) is 0.854. The normalized spacial score (nSPS) is 18.6. The minimum Gasteiger partial charge on any atom is -0.508 e. The first kappa shape index (κ1) is 13.2. The molecule has 100 valence electrons. The number of nitrogens with one attached hydrogen (secondary N) is 1. The first-order valence-electron chi connectivity index (χ1n) is 6.58. The Hall–Kier alpha value is -1.26. The van der Waals surface area contributed by atoms with E-state index in [0.717, 1.165) is 38.3 Å². The van der Waals surface area contributed by atoms with Gasteiger partial charge in [0.05, 0.1) is 7.11 Å². The van der Waals surface area contributed by atoms with Gasteiger partial charge in [0.25, 0.3) is 0 Å². The van der Waals surface area contributed by atoms with Gasteiger partial charge in [0, 0.05) is 43.9 Å². The molecule has 1 aromatic carbocycles. The lowest BCUT2D eigenvalue weighted by molar-refractivity contribution is 0.166. The molecule has 18 heavy (non-hydrogen) atoms. The Kier molecular flexibility index (Phi) is 4.44. The van der Waals surface area contributed by atoms with Crippen molar-refractivity contribution < 1.29 is 9.84 Å². The fourth-order valence-electron chi connectivity index (χ4n) is 2.64. The summed E-state index contributed by atoms with van der Waals surface area (Å²) in [4.78, 5) is 2.48. The number of phenolic OH excluding ortho intramolecular Hbond substituents is 1. The monoisotopic (exact) mass is 250 g/mol. The number of rotatable bonds is 4. The van der Waals surface area contributed by atoms with Gasteiger partial charge in [-0.3, -0.25) is 4.90 Å². The molecule has 1 heterocycles. The van der Waals surface area contributed by atoms with E-state index in [1.807, 2.05) is 6.07 Å². The lowest BCUT2D eigenvalue weighted by Gasteiger charge is -2.35. The second-order valence-corrected chi connectivity index (χ2v) is 4.64. The van der Waals surface area contributed by atoms with Crippen LogP contribution in [0.3, 0.4) is 0 Å². The van der Waals surface area contributed by atoms with E-state index in [9.17, 15) is 5.11 Å². The molecule has 2 rings (SSSR count). The summed E-state index contributed by atoms with van der Waals surface area (Å²) in [7, 11) is 1.66. The van der Waals surface area contributed by atoms with Crippen molar-refractivity contribution in [3.63, 3.8) is 0 Å². The van der Waals surface area contributed by atoms with Crippen LogP contribution in [-0.4, -0.2) is 43.3 Å². The number of nitrogens with zero attached hydrogens (tertiary/aromatic N) is 1. The number of benzene rings is 1. The van der Waals surface area contributed by atoms with Crippen LogP contribution in [-0.2, 0) is 0 Å². The van der Waals surface area contributed by atoms with Crippen molar-refractivity contribution >= 4 is 0 Å². The molecule has 0 amide bonds. The number of hydrogen-bond acceptors (Lipinski definition) is 4. The Morgan fingerprint density at radius 1 is 1.39 bits per heavy atom. The summed E-state index contributed by atoms with van der Waals surface area (Å²) in [5.74, 6) is 1.03. The molecule has 1 fully saturated rings. The standard InChI is InChI=1S/C14H22N2O2/c1-3-13(16-8-6-15-7-9-16)12-5-4-11(17)10-14(12)18-2/h4-5,10,13,15,17H,3,6-9H2,1-2H3/t13-/m0/s1. The van der Waals surface area contributed by atoms with Crippen molar-refractivity contribution in [3.05, 3.63) is 23.8 Å². The van der Waals surface area contributed by atoms with Crippen LogP contribution in [0.25, 0.3) is 0 Å². The first-order chi connectivity index (χ1) is 8.76. The Bertz CT molecular complexity index is 389. The maximum Gasteiger partial charge on any atom is 0.127 e. The molecule has 1 atom stereocenters. The van der Waals surface area contributed by atoms with Gasteiger partial charge in [0.15, 0.2) is 0 Å². The summed E-state index contributed by atoms with van der Waals surface area (Å²) in [6, 6.07) is 5.77. The molecule has 1 aliphatic rings. The van der Waals surface area contributed by atoms with E-state index in [0.29, 0.717) is 6.04 Å². The van der Waals surface area contributed by atoms with Crippen molar-refractivity contribution in [2.75, 3.05) is 33.3 Å². The van der Waals surface area contributed by atoms with Gasteiger partial charge in [-0.15, -0.1) is 0 Å². The van der Waals surface area contributed by atoms with Gasteiger partial charge < -0.3 is 15.2 Å². The lowest BCUT2D eigenvalue weighted by atomic mass is 10.0. The fourth-order valence-corrected chi connectivity index (χ4v) is 2.64. The Balaban J connectivity index is 2.25. The minimum absolute atomic E-state index is 0.255. The Morgan fingerprint density at radius 3 is 2.72 bits per heavy atom. The predicted molar refractivity (Wildman–Crippen MR) is 72.1 cm³/mol. The number of piperazine rings is 1. The molecule has 0 bridgehead atoms. The number of ether oxygens (including phenoxy) is 1. The largest absolute Gasteiger partial charge is 0.508 e. The highest BCUT2D eigenvalue weighted by Crippen LogP contribution is 2.34. The smallest absolute Gasteiger partial charge is 0.127 e. The molecule has 0 saturated carbocycles. The average Bonchev–Trinajstić information content (AvgIpc) is 2.42. The molecule has 1 saturated heterocycles. The number of phenols is 1. The van der Waals surface area contributed by atoms with Gasteiger partial charge in [-0.25, -0.2) is 0 Å². The molecular weight excluding hydrogens is 228 g/mol. The van der Waals surface area contributed by atoms with Gasteiger partial charge in [0.1, 0.15) is 11.5 Å². The van der Waals surface area contributed by atoms with E-state index < -0.39 is 0 Å². The second-order valence-electron chi connectivity index (χ2n) is 4.64. The van der Waals surface area contributed by atoms with Crippen LogP contribution < -0.4 is 10.1 Å². The summed E-state index contributed by atoms with van der Waals surface area (Å²) < 4.78 is 5.40. The fraction of sp³-hybridized carbons (Fsp3) is 0.571. The highest BCUT2D eigenvalue weighted by molar-refractivity contribution is 5.42. The van der Waals surface area contributed by atoms with Gasteiger partial charge >= 0.3 is 0 Å². The summed E-state index contributed by atoms with van der Waals surface area (Å²) in [6.07, 6.45) is 1.04. The third-order valence-corrected chi connectivity index (χ3v) is 3.56. The lowest BCUT2D eigenvalue weighted by Crippen LogP contribution is -2.45. The highest BCUT2D eigenvalue weighted by Gasteiger charge is 2.23. The molecule has 0 spiro atoms. The maximum absolute atomic E-state index is 9.53. The van der Waals surface area contributed by atoms with Crippen LogP contribution in [0.2, 0.25) is 0 Å². The molecular formula is C14H22N2O2. The van der Waals surface area contributed by atoms with Crippen LogP contribution in [0.5, 0.6) is 11.5 Å². The molecule has 4 heteroatoms. The SMILES string of the molecule is CC[C@@H](c1ccc(O)cc1OC)N1CCNCC1. The van der Waals surface area contributed by atoms with E-state index in [4.69, 9.17) is 4.74 Å². The predicted octanol–water partition coefficient (Wildman–Crippen LogP) is 1.76. The first-order valence-corrected chi connectivity index (χ1v) is 6.58. The zero-order chi connectivity index (χ0) is 13.0. The molecule has 4 nitrogen and oxygen atoms in total. The van der Waals surface area contributed by atoms with Crippen molar-refractivity contribution in [2.45, 2.75) is 19.4 Å². The van der Waals surface area contributed by atoms with Gasteiger partial charge in [-0.1, -0.05) is 13.0 Å². The Morgan fingerprint density at radius 2 is 2.11 bits per heavy atom. The van der Waals surface area contributed by atoms with Crippen molar-refractivity contribution in [1.29, 1.82) is 0 Å². The number of hydrogen-bond donors (Lipinski definition) is 2. The molecule has 0 unspecified atom stereocenters. The van der Waals surface area contributed by atoms with E-state index in [2.05, 4.69) is 17.1 Å². The van der Waals surface area contributed by atoms with Crippen molar-refractivity contribution in [1.82, 2.24) is 10.2 Å². The molecule has 1 aromatic rings. The van der Waals surface area contributed by atoms with Gasteiger partial charge in [0.2, 0.25) is 0 Å². The number of aromatic hydroxyl groups is 1. The minimum atomic E-state index is 0.255. The van der Waals surface area contributed by atoms with E-state index >= 15 is 0 Å². The van der Waals surface area contributed by atoms with Crippen LogP contribution in [0.4, 0.5) is 0 Å². The average molecular weight is 250 g/mol. The topological polar surface area (TPSA) is 44.7 Å². The maximum atomic E-state index is 9.53.